The summed E-state index contributed by atoms with van der Waals surface area (Å²) >= 11 is 12.0. The Bertz CT molecular complexity index is 1160. The number of imide groups is 1. The number of anilines is 1. The maximum atomic E-state index is 13.3. The van der Waals surface area contributed by atoms with Crippen LogP contribution in [-0.4, -0.2) is 17.8 Å². The van der Waals surface area contributed by atoms with Crippen LogP contribution in [0.4, 0.5) is 5.69 Å². The molecule has 156 valence electrons. The molecule has 4 aliphatic carbocycles. The van der Waals surface area contributed by atoms with Crippen LogP contribution in [0.3, 0.4) is 0 Å². The van der Waals surface area contributed by atoms with Crippen molar-refractivity contribution in [2.75, 3.05) is 4.90 Å². The van der Waals surface area contributed by atoms with Gasteiger partial charge in [-0.15, -0.1) is 0 Å². The van der Waals surface area contributed by atoms with Crippen molar-refractivity contribution in [3.05, 3.63) is 70.2 Å². The van der Waals surface area contributed by atoms with Crippen molar-refractivity contribution >= 4 is 46.7 Å². The van der Waals surface area contributed by atoms with Gasteiger partial charge < -0.3 is 4.74 Å². The molecule has 1 aliphatic heterocycles. The number of ether oxygens (including phenoxy) is 1. The van der Waals surface area contributed by atoms with Gasteiger partial charge in [-0.2, -0.15) is 0 Å². The lowest BCUT2D eigenvalue weighted by atomic mass is 9.63. The Balaban J connectivity index is 1.28. The maximum Gasteiger partial charge on any atom is 0.343 e. The number of carbonyl (C=O) groups excluding carboxylic acids is 3. The molecule has 0 aromatic heterocycles. The van der Waals surface area contributed by atoms with Crippen molar-refractivity contribution in [3.63, 3.8) is 0 Å². The van der Waals surface area contributed by atoms with E-state index >= 15 is 0 Å². The third kappa shape index (κ3) is 2.80. The fourth-order valence-electron chi connectivity index (χ4n) is 5.70. The summed E-state index contributed by atoms with van der Waals surface area (Å²) in [5, 5.41) is 0.646. The zero-order chi connectivity index (χ0) is 21.4. The maximum absolute atomic E-state index is 13.3. The largest absolute Gasteiger partial charge is 0.421 e. The molecule has 1 heterocycles. The molecule has 7 heteroatoms. The smallest absolute Gasteiger partial charge is 0.343 e. The molecule has 0 radical (unpaired) electrons. The van der Waals surface area contributed by atoms with Gasteiger partial charge in [0.2, 0.25) is 11.8 Å². The lowest BCUT2D eigenvalue weighted by molar-refractivity contribution is -0.124. The lowest BCUT2D eigenvalue weighted by Gasteiger charge is -2.37. The van der Waals surface area contributed by atoms with Crippen LogP contribution < -0.4 is 9.64 Å². The fraction of sp³-hybridized carbons (Fsp3) is 0.292. The summed E-state index contributed by atoms with van der Waals surface area (Å²) < 4.78 is 5.39. The second-order valence-electron chi connectivity index (χ2n) is 8.68. The quantitative estimate of drug-likeness (QED) is 0.290. The van der Waals surface area contributed by atoms with Gasteiger partial charge in [-0.3, -0.25) is 9.59 Å². The summed E-state index contributed by atoms with van der Waals surface area (Å²) in [5.41, 5.74) is 0.622. The Morgan fingerprint density at radius 1 is 0.935 bits per heavy atom. The number of allylic oxidation sites excluding steroid dienone is 2. The van der Waals surface area contributed by atoms with Crippen LogP contribution in [0.25, 0.3) is 0 Å². The lowest BCUT2D eigenvalue weighted by Crippen LogP contribution is -2.40. The third-order valence-corrected chi connectivity index (χ3v) is 7.63. The Labute approximate surface area is 188 Å². The topological polar surface area (TPSA) is 63.7 Å². The molecule has 6 atom stereocenters. The average Bonchev–Trinajstić information content (AvgIpc) is 3.53. The van der Waals surface area contributed by atoms with E-state index in [1.807, 2.05) is 0 Å². The van der Waals surface area contributed by atoms with Gasteiger partial charge in [0, 0.05) is 5.02 Å². The van der Waals surface area contributed by atoms with Gasteiger partial charge in [-0.25, -0.2) is 9.69 Å². The third-order valence-electron chi connectivity index (χ3n) is 7.10. The first-order chi connectivity index (χ1) is 14.9. The van der Waals surface area contributed by atoms with E-state index in [-0.39, 0.29) is 51.8 Å². The molecule has 2 bridgehead atoms. The SMILES string of the molecule is O=C(Oc1ccc(Cl)cc1Cl)c1cccc(N2C(=O)[C@@H]3[C@H]4C=C[C@@H]([C@@H]5C[C@H]45)[C@@H]3C2=O)c1. The molecule has 0 N–H and O–H groups in total. The number of hydrogen-bond donors (Lipinski definition) is 0. The van der Waals surface area contributed by atoms with Crippen LogP contribution in [0.1, 0.15) is 16.8 Å². The average molecular weight is 454 g/mol. The van der Waals surface area contributed by atoms with E-state index < -0.39 is 5.97 Å². The number of rotatable bonds is 3. The van der Waals surface area contributed by atoms with Gasteiger partial charge in [0.05, 0.1) is 28.1 Å². The molecular formula is C24H17Cl2NO4. The molecule has 2 saturated carbocycles. The van der Waals surface area contributed by atoms with Gasteiger partial charge in [0.1, 0.15) is 5.75 Å². The first kappa shape index (κ1) is 19.1. The highest BCUT2D eigenvalue weighted by atomic mass is 35.5. The molecule has 31 heavy (non-hydrogen) atoms. The minimum absolute atomic E-state index is 0.154. The highest BCUT2D eigenvalue weighted by Gasteiger charge is 2.67. The van der Waals surface area contributed by atoms with Crippen LogP contribution in [-0.2, 0) is 9.59 Å². The second-order valence-corrected chi connectivity index (χ2v) is 9.52. The first-order valence-electron chi connectivity index (χ1n) is 10.3. The van der Waals surface area contributed by atoms with Crippen LogP contribution in [0.15, 0.2) is 54.6 Å². The molecule has 3 fully saturated rings. The zero-order valence-corrected chi connectivity index (χ0v) is 17.7. The summed E-state index contributed by atoms with van der Waals surface area (Å²) in [5.74, 6) is 0.0507. The number of benzene rings is 2. The number of halogens is 2. The van der Waals surface area contributed by atoms with Gasteiger partial charge in [0.25, 0.3) is 0 Å². The van der Waals surface area contributed by atoms with Gasteiger partial charge in [0.15, 0.2) is 0 Å². The zero-order valence-electron chi connectivity index (χ0n) is 16.2. The molecule has 0 spiro atoms. The van der Waals surface area contributed by atoms with E-state index in [2.05, 4.69) is 12.2 Å². The van der Waals surface area contributed by atoms with E-state index in [1.54, 1.807) is 24.3 Å². The predicted molar refractivity (Wildman–Crippen MR) is 115 cm³/mol. The van der Waals surface area contributed by atoms with Crippen molar-refractivity contribution in [3.8, 4) is 5.75 Å². The second kappa shape index (κ2) is 6.68. The normalized spacial score (nSPS) is 32.1. The monoisotopic (exact) mass is 453 g/mol. The van der Waals surface area contributed by atoms with E-state index in [0.29, 0.717) is 22.5 Å². The van der Waals surface area contributed by atoms with Crippen LogP contribution in [0.2, 0.25) is 10.0 Å². The first-order valence-corrected chi connectivity index (χ1v) is 11.0. The van der Waals surface area contributed by atoms with Crippen molar-refractivity contribution in [1.82, 2.24) is 0 Å². The molecule has 2 aromatic rings. The van der Waals surface area contributed by atoms with Gasteiger partial charge >= 0.3 is 5.97 Å². The molecule has 2 aromatic carbocycles. The highest BCUT2D eigenvalue weighted by Crippen LogP contribution is 2.65. The number of nitrogens with zero attached hydrogens (tertiary/aromatic N) is 1. The molecule has 1 saturated heterocycles. The minimum atomic E-state index is -0.634. The number of hydrogen-bond acceptors (Lipinski definition) is 4. The molecule has 2 amide bonds. The fourth-order valence-corrected chi connectivity index (χ4v) is 6.15. The van der Waals surface area contributed by atoms with Crippen LogP contribution >= 0.6 is 23.2 Å². The Morgan fingerprint density at radius 2 is 1.61 bits per heavy atom. The standard InChI is InChI=1S/C24H17Cl2NO4/c25-12-4-7-19(18(26)9-12)31-24(30)11-2-1-3-13(8-11)27-22(28)20-14-5-6-15(17-10-16(14)17)21(20)23(27)29/h1-9,14-17,20-21H,10H2/t14-,15-,16-,17+,20-,21+/m0/s1. The summed E-state index contributed by atoms with van der Waals surface area (Å²) in [4.78, 5) is 40.5. The summed E-state index contributed by atoms with van der Waals surface area (Å²) in [6.07, 6.45) is 5.39. The van der Waals surface area contributed by atoms with Gasteiger partial charge in [-0.05, 0) is 66.5 Å². The summed E-state index contributed by atoms with van der Waals surface area (Å²) in [6, 6.07) is 11.0. The Kier molecular flexibility index (Phi) is 4.11. The van der Waals surface area contributed by atoms with Crippen molar-refractivity contribution in [2.45, 2.75) is 6.42 Å². The molecule has 5 aliphatic rings. The molecule has 7 rings (SSSR count). The van der Waals surface area contributed by atoms with E-state index in [0.717, 1.165) is 6.42 Å². The number of esters is 1. The molecular weight excluding hydrogens is 437 g/mol. The number of amides is 2. The van der Waals surface area contributed by atoms with Gasteiger partial charge in [-0.1, -0.05) is 41.4 Å². The summed E-state index contributed by atoms with van der Waals surface area (Å²) in [6.45, 7) is 0. The van der Waals surface area contributed by atoms with E-state index in [1.165, 1.54) is 23.1 Å². The van der Waals surface area contributed by atoms with Crippen molar-refractivity contribution < 1.29 is 19.1 Å². The Hall–Kier alpha value is -2.63. The highest BCUT2D eigenvalue weighted by molar-refractivity contribution is 6.35. The number of carbonyl (C=O) groups is 3. The van der Waals surface area contributed by atoms with E-state index in [4.69, 9.17) is 27.9 Å². The van der Waals surface area contributed by atoms with Crippen LogP contribution in [0.5, 0.6) is 5.75 Å². The molecule has 5 nitrogen and oxygen atoms in total. The summed E-state index contributed by atoms with van der Waals surface area (Å²) in [7, 11) is 0. The predicted octanol–water partition coefficient (Wildman–Crippen LogP) is 4.77. The Morgan fingerprint density at radius 3 is 2.26 bits per heavy atom. The van der Waals surface area contributed by atoms with Crippen molar-refractivity contribution in [2.24, 2.45) is 35.5 Å². The van der Waals surface area contributed by atoms with Crippen LogP contribution in [0, 0.1) is 35.5 Å². The van der Waals surface area contributed by atoms with Crippen molar-refractivity contribution in [1.29, 1.82) is 0 Å². The molecule has 0 unspecified atom stereocenters. The van der Waals surface area contributed by atoms with E-state index in [9.17, 15) is 14.4 Å². The minimum Gasteiger partial charge on any atom is -0.421 e.